The zero-order chi connectivity index (χ0) is 11.9. The molecular formula is C15H26. The predicted octanol–water partition coefficient (Wildman–Crippen LogP) is 5.45. The summed E-state index contributed by atoms with van der Waals surface area (Å²) >= 11 is 0. The summed E-state index contributed by atoms with van der Waals surface area (Å²) < 4.78 is 0. The molecule has 0 rings (SSSR count). The summed E-state index contributed by atoms with van der Waals surface area (Å²) in [5.41, 5.74) is 1.02. The third-order valence-corrected chi connectivity index (χ3v) is 1.69. The van der Waals surface area contributed by atoms with E-state index in [0.717, 1.165) is 12.0 Å². The van der Waals surface area contributed by atoms with Gasteiger partial charge in [0.15, 0.2) is 0 Å². The van der Waals surface area contributed by atoms with Gasteiger partial charge in [-0.1, -0.05) is 75.8 Å². The smallest absolute Gasteiger partial charge is 0.0348 e. The Kier molecular flexibility index (Phi) is 16.9. The lowest BCUT2D eigenvalue weighted by atomic mass is 10.2. The molecule has 0 aliphatic rings. The zero-order valence-electron chi connectivity index (χ0n) is 10.6. The van der Waals surface area contributed by atoms with Crippen LogP contribution in [0.25, 0.3) is 0 Å². The van der Waals surface area contributed by atoms with Crippen molar-refractivity contribution in [2.45, 2.75) is 46.5 Å². The number of rotatable bonds is 6. The van der Waals surface area contributed by atoms with Crippen LogP contribution in [0.2, 0.25) is 0 Å². The fraction of sp³-hybridized carbons (Fsp3) is 0.467. The van der Waals surface area contributed by atoms with Crippen LogP contribution in [0.3, 0.4) is 0 Å². The van der Waals surface area contributed by atoms with Gasteiger partial charge in [0.2, 0.25) is 0 Å². The van der Waals surface area contributed by atoms with Gasteiger partial charge < -0.3 is 0 Å². The van der Waals surface area contributed by atoms with E-state index in [-0.39, 0.29) is 0 Å². The largest absolute Gasteiger partial charge is 0.0988 e. The molecule has 86 valence electrons. The van der Waals surface area contributed by atoms with Crippen molar-refractivity contribution >= 4 is 0 Å². The number of unbranched alkanes of at least 4 members (excludes halogenated alkanes) is 2. The highest BCUT2D eigenvalue weighted by Crippen LogP contribution is 1.94. The Morgan fingerprint density at radius 2 is 1.67 bits per heavy atom. The Balaban J connectivity index is 0. The van der Waals surface area contributed by atoms with Gasteiger partial charge in [-0.3, -0.25) is 0 Å². The highest BCUT2D eigenvalue weighted by atomic mass is 13.8. The molecule has 0 amide bonds. The van der Waals surface area contributed by atoms with Crippen molar-refractivity contribution in [1.29, 1.82) is 0 Å². The van der Waals surface area contributed by atoms with Crippen molar-refractivity contribution in [3.63, 3.8) is 0 Å². The standard InChI is InChI=1S/C10H18.C5H8/c1-3-5-7-9-10-8-6-4-2;1-4-5(2)3/h5,7,9-10H,3-4,6,8H2,1-2H3;4H,1-2H2,3H3/b7-5+,10-9+;. The summed E-state index contributed by atoms with van der Waals surface area (Å²) in [7, 11) is 0. The lowest BCUT2D eigenvalue weighted by Gasteiger charge is -1.85. The predicted molar refractivity (Wildman–Crippen MR) is 73.1 cm³/mol. The highest BCUT2D eigenvalue weighted by Gasteiger charge is 1.74. The molecule has 15 heavy (non-hydrogen) atoms. The van der Waals surface area contributed by atoms with Crippen molar-refractivity contribution in [3.8, 4) is 0 Å². The fourth-order valence-corrected chi connectivity index (χ4v) is 0.711. The summed E-state index contributed by atoms with van der Waals surface area (Å²) in [6.07, 6.45) is 15.4. The van der Waals surface area contributed by atoms with Crippen molar-refractivity contribution in [1.82, 2.24) is 0 Å². The van der Waals surface area contributed by atoms with Crippen LogP contribution in [0.1, 0.15) is 46.5 Å². The molecule has 0 saturated carbocycles. The molecule has 0 fully saturated rings. The van der Waals surface area contributed by atoms with E-state index in [0.29, 0.717) is 0 Å². The molecule has 0 heteroatoms. The molecule has 0 nitrogen and oxygen atoms in total. The van der Waals surface area contributed by atoms with Gasteiger partial charge in [-0.25, -0.2) is 0 Å². The minimum absolute atomic E-state index is 1.02. The molecule has 0 bridgehead atoms. The first kappa shape index (κ1) is 16.4. The number of allylic oxidation sites excluding steroid dienone is 6. The minimum atomic E-state index is 1.02. The monoisotopic (exact) mass is 206 g/mol. The zero-order valence-corrected chi connectivity index (χ0v) is 10.6. The maximum atomic E-state index is 3.56. The summed E-state index contributed by atoms with van der Waals surface area (Å²) in [5.74, 6) is 0. The molecule has 0 aromatic carbocycles. The van der Waals surface area contributed by atoms with E-state index in [2.05, 4.69) is 51.3 Å². The quantitative estimate of drug-likeness (QED) is 0.400. The van der Waals surface area contributed by atoms with Gasteiger partial charge in [0.25, 0.3) is 0 Å². The van der Waals surface area contributed by atoms with Gasteiger partial charge in [-0.15, -0.1) is 0 Å². The van der Waals surface area contributed by atoms with E-state index in [1.165, 1.54) is 19.3 Å². The lowest BCUT2D eigenvalue weighted by molar-refractivity contribution is 0.815. The first-order valence-corrected chi connectivity index (χ1v) is 5.78. The van der Waals surface area contributed by atoms with Gasteiger partial charge in [0.1, 0.15) is 0 Å². The van der Waals surface area contributed by atoms with Crippen LogP contribution in [0.15, 0.2) is 49.1 Å². The summed E-state index contributed by atoms with van der Waals surface area (Å²) in [6.45, 7) is 13.3. The van der Waals surface area contributed by atoms with E-state index in [1.807, 2.05) is 6.92 Å². The van der Waals surface area contributed by atoms with Crippen molar-refractivity contribution in [2.24, 2.45) is 0 Å². The lowest BCUT2D eigenvalue weighted by Crippen LogP contribution is -1.64. The Bertz CT molecular complexity index is 194. The van der Waals surface area contributed by atoms with Gasteiger partial charge in [-0.05, 0) is 19.8 Å². The molecule has 0 aromatic rings. The average Bonchev–Trinajstić information content (AvgIpc) is 2.24. The average molecular weight is 206 g/mol. The van der Waals surface area contributed by atoms with Crippen LogP contribution < -0.4 is 0 Å². The first-order valence-electron chi connectivity index (χ1n) is 5.78. The van der Waals surface area contributed by atoms with Crippen LogP contribution in [0, 0.1) is 0 Å². The van der Waals surface area contributed by atoms with E-state index in [1.54, 1.807) is 6.08 Å². The van der Waals surface area contributed by atoms with Gasteiger partial charge in [0.05, 0.1) is 0 Å². The van der Waals surface area contributed by atoms with Crippen LogP contribution in [-0.4, -0.2) is 0 Å². The molecular weight excluding hydrogens is 180 g/mol. The fourth-order valence-electron chi connectivity index (χ4n) is 0.711. The van der Waals surface area contributed by atoms with Gasteiger partial charge in [-0.2, -0.15) is 0 Å². The van der Waals surface area contributed by atoms with Gasteiger partial charge >= 0.3 is 0 Å². The van der Waals surface area contributed by atoms with E-state index in [9.17, 15) is 0 Å². The van der Waals surface area contributed by atoms with Crippen LogP contribution >= 0.6 is 0 Å². The molecule has 0 saturated heterocycles. The molecule has 0 aliphatic carbocycles. The van der Waals surface area contributed by atoms with Crippen molar-refractivity contribution in [2.75, 3.05) is 0 Å². The summed E-state index contributed by atoms with van der Waals surface area (Å²) in [5, 5.41) is 0. The second kappa shape index (κ2) is 15.4. The summed E-state index contributed by atoms with van der Waals surface area (Å²) in [6, 6.07) is 0. The van der Waals surface area contributed by atoms with E-state index in [4.69, 9.17) is 0 Å². The molecule has 0 unspecified atom stereocenters. The highest BCUT2D eigenvalue weighted by molar-refractivity contribution is 5.05. The number of hydrogen-bond donors (Lipinski definition) is 0. The third kappa shape index (κ3) is 24.6. The molecule has 0 aromatic heterocycles. The topological polar surface area (TPSA) is 0 Å². The summed E-state index contributed by atoms with van der Waals surface area (Å²) in [4.78, 5) is 0. The Labute approximate surface area is 96.1 Å². The normalized spacial score (nSPS) is 10.1. The molecule has 0 spiro atoms. The second-order valence-electron chi connectivity index (χ2n) is 3.46. The Hall–Kier alpha value is -1.04. The van der Waals surface area contributed by atoms with Gasteiger partial charge in [0, 0.05) is 0 Å². The molecule has 0 aliphatic heterocycles. The second-order valence-corrected chi connectivity index (χ2v) is 3.46. The van der Waals surface area contributed by atoms with Crippen LogP contribution in [0.5, 0.6) is 0 Å². The first-order chi connectivity index (χ1) is 7.18. The number of hydrogen-bond acceptors (Lipinski definition) is 0. The van der Waals surface area contributed by atoms with E-state index >= 15 is 0 Å². The van der Waals surface area contributed by atoms with E-state index < -0.39 is 0 Å². The Morgan fingerprint density at radius 1 is 1.13 bits per heavy atom. The third-order valence-electron chi connectivity index (χ3n) is 1.69. The molecule has 0 atom stereocenters. The van der Waals surface area contributed by atoms with Crippen LogP contribution in [-0.2, 0) is 0 Å². The van der Waals surface area contributed by atoms with Crippen LogP contribution in [0.4, 0.5) is 0 Å². The molecule has 0 heterocycles. The Morgan fingerprint density at radius 3 is 2.07 bits per heavy atom. The molecule has 0 N–H and O–H groups in total. The van der Waals surface area contributed by atoms with Crippen molar-refractivity contribution < 1.29 is 0 Å². The minimum Gasteiger partial charge on any atom is -0.0988 e. The molecule has 0 radical (unpaired) electrons. The maximum Gasteiger partial charge on any atom is -0.0348 e. The maximum absolute atomic E-state index is 3.56. The SMILES string of the molecule is C=CC(=C)C.CC/C=C/C=C/CCCC. The van der Waals surface area contributed by atoms with Crippen molar-refractivity contribution in [3.05, 3.63) is 49.1 Å².